The quantitative estimate of drug-likeness (QED) is 0.927. The number of likely N-dealkylation sites (tertiary alicyclic amines) is 1. The van der Waals surface area contributed by atoms with Crippen molar-refractivity contribution in [2.45, 2.75) is 31.9 Å². The zero-order chi connectivity index (χ0) is 14.5. The fourth-order valence-electron chi connectivity index (χ4n) is 2.27. The number of nitrogens with zero attached hydrogens (tertiary/aromatic N) is 1. The molecule has 1 saturated heterocycles. The predicted octanol–water partition coefficient (Wildman–Crippen LogP) is 2.32. The molecule has 1 aromatic carbocycles. The van der Waals surface area contributed by atoms with E-state index in [9.17, 15) is 4.79 Å². The van der Waals surface area contributed by atoms with Crippen molar-refractivity contribution in [1.29, 1.82) is 0 Å². The van der Waals surface area contributed by atoms with Crippen molar-refractivity contribution < 1.29 is 9.53 Å². The molecule has 0 radical (unpaired) electrons. The molecule has 0 aliphatic carbocycles. The molecular weight excluding hydrogens is 276 g/mol. The molecule has 1 aliphatic rings. The minimum Gasteiger partial charge on any atom is -0.481 e. The number of rotatable bonds is 4. The van der Waals surface area contributed by atoms with Crippen LogP contribution >= 0.6 is 11.6 Å². The lowest BCUT2D eigenvalue weighted by Gasteiger charge is -2.30. The maximum atomic E-state index is 12.1. The van der Waals surface area contributed by atoms with Gasteiger partial charge in [0.25, 0.3) is 5.91 Å². The molecule has 1 N–H and O–H groups in total. The van der Waals surface area contributed by atoms with E-state index >= 15 is 0 Å². The minimum absolute atomic E-state index is 0.0699. The fourth-order valence-corrected chi connectivity index (χ4v) is 2.45. The summed E-state index contributed by atoms with van der Waals surface area (Å²) >= 11 is 5.89. The lowest BCUT2D eigenvalue weighted by Crippen LogP contribution is -2.47. The summed E-state index contributed by atoms with van der Waals surface area (Å²) in [5.74, 6) is 0.544. The lowest BCUT2D eigenvalue weighted by molar-refractivity contribution is -0.128. The van der Waals surface area contributed by atoms with E-state index in [1.54, 1.807) is 31.2 Å². The molecule has 1 heterocycles. The topological polar surface area (TPSA) is 41.6 Å². The number of carbonyl (C=O) groups excluding carboxylic acids is 1. The highest BCUT2D eigenvalue weighted by Gasteiger charge is 2.22. The Bertz CT molecular complexity index is 459. The van der Waals surface area contributed by atoms with Crippen LogP contribution in [-0.2, 0) is 4.79 Å². The Kier molecular flexibility index (Phi) is 5.26. The van der Waals surface area contributed by atoms with E-state index in [0.717, 1.165) is 25.9 Å². The number of piperidine rings is 1. The van der Waals surface area contributed by atoms with Gasteiger partial charge in [0.15, 0.2) is 6.10 Å². The molecule has 0 aromatic heterocycles. The predicted molar refractivity (Wildman–Crippen MR) is 80.2 cm³/mol. The van der Waals surface area contributed by atoms with Crippen LogP contribution in [0.1, 0.15) is 19.8 Å². The first-order chi connectivity index (χ1) is 9.54. The third-order valence-corrected chi connectivity index (χ3v) is 3.78. The third-order valence-electron chi connectivity index (χ3n) is 3.54. The van der Waals surface area contributed by atoms with Gasteiger partial charge in [0, 0.05) is 11.1 Å². The number of amides is 1. The first-order valence-electron chi connectivity index (χ1n) is 6.96. The van der Waals surface area contributed by atoms with Gasteiger partial charge in [-0.1, -0.05) is 17.7 Å². The normalized spacial score (nSPS) is 18.6. The number of benzene rings is 1. The number of hydrogen-bond acceptors (Lipinski definition) is 3. The minimum atomic E-state index is -0.520. The van der Waals surface area contributed by atoms with Crippen LogP contribution in [0, 0.1) is 0 Å². The fraction of sp³-hybridized carbons (Fsp3) is 0.533. The first kappa shape index (κ1) is 15.1. The van der Waals surface area contributed by atoms with E-state index in [0.29, 0.717) is 10.8 Å². The Morgan fingerprint density at radius 3 is 2.80 bits per heavy atom. The third kappa shape index (κ3) is 4.39. The molecule has 2 rings (SSSR count). The molecule has 1 amide bonds. The Balaban J connectivity index is 1.83. The van der Waals surface area contributed by atoms with Gasteiger partial charge in [0.1, 0.15) is 5.75 Å². The second-order valence-corrected chi connectivity index (χ2v) is 5.74. The maximum Gasteiger partial charge on any atom is 0.260 e. The Morgan fingerprint density at radius 2 is 2.15 bits per heavy atom. The van der Waals surface area contributed by atoms with E-state index in [1.807, 2.05) is 0 Å². The summed E-state index contributed by atoms with van der Waals surface area (Å²) < 4.78 is 5.61. The highest BCUT2D eigenvalue weighted by atomic mass is 35.5. The molecule has 0 saturated carbocycles. The van der Waals surface area contributed by atoms with Crippen LogP contribution in [0.4, 0.5) is 0 Å². The second-order valence-electron chi connectivity index (χ2n) is 5.30. The monoisotopic (exact) mass is 296 g/mol. The van der Waals surface area contributed by atoms with E-state index in [4.69, 9.17) is 16.3 Å². The van der Waals surface area contributed by atoms with E-state index in [-0.39, 0.29) is 11.9 Å². The van der Waals surface area contributed by atoms with Crippen LogP contribution in [0.3, 0.4) is 0 Å². The first-order valence-corrected chi connectivity index (χ1v) is 7.33. The van der Waals surface area contributed by atoms with E-state index in [1.165, 1.54) is 0 Å². The Hall–Kier alpha value is -1.26. The van der Waals surface area contributed by atoms with Gasteiger partial charge in [-0.3, -0.25) is 4.79 Å². The van der Waals surface area contributed by atoms with Crippen LogP contribution in [0.15, 0.2) is 24.3 Å². The molecule has 0 bridgehead atoms. The highest BCUT2D eigenvalue weighted by Crippen LogP contribution is 2.18. The van der Waals surface area contributed by atoms with Crippen LogP contribution in [0.25, 0.3) is 0 Å². The Morgan fingerprint density at radius 1 is 1.45 bits per heavy atom. The van der Waals surface area contributed by atoms with Gasteiger partial charge in [0.2, 0.25) is 0 Å². The number of hydrogen-bond donors (Lipinski definition) is 1. The van der Waals surface area contributed by atoms with Gasteiger partial charge in [-0.05, 0) is 58.1 Å². The average molecular weight is 297 g/mol. The SMILES string of the molecule is C[C@@H](Oc1cccc(Cl)c1)C(=O)NC1CCN(C)CC1. The molecule has 4 nitrogen and oxygen atoms in total. The summed E-state index contributed by atoms with van der Waals surface area (Å²) in [5, 5.41) is 3.65. The second kappa shape index (κ2) is 6.95. The van der Waals surface area contributed by atoms with Crippen molar-refractivity contribution in [3.63, 3.8) is 0 Å². The molecular formula is C15H21ClN2O2. The number of carbonyl (C=O) groups is 1. The van der Waals surface area contributed by atoms with E-state index in [2.05, 4.69) is 17.3 Å². The van der Waals surface area contributed by atoms with Crippen molar-refractivity contribution in [1.82, 2.24) is 10.2 Å². The van der Waals surface area contributed by atoms with Crippen LogP contribution in [0.2, 0.25) is 5.02 Å². The van der Waals surface area contributed by atoms with Gasteiger partial charge in [-0.2, -0.15) is 0 Å². The smallest absolute Gasteiger partial charge is 0.260 e. The number of ether oxygens (including phenoxy) is 1. The molecule has 1 atom stereocenters. The number of halogens is 1. The van der Waals surface area contributed by atoms with Crippen molar-refractivity contribution in [3.05, 3.63) is 29.3 Å². The summed E-state index contributed by atoms with van der Waals surface area (Å²) in [6.07, 6.45) is 1.46. The molecule has 1 aliphatic heterocycles. The summed E-state index contributed by atoms with van der Waals surface area (Å²) in [5.41, 5.74) is 0. The standard InChI is InChI=1S/C15H21ClN2O2/c1-11(20-14-5-3-4-12(16)10-14)15(19)17-13-6-8-18(2)9-7-13/h3-5,10-11,13H,6-9H2,1-2H3,(H,17,19)/t11-/m1/s1. The summed E-state index contributed by atoms with van der Waals surface area (Å²) in [6.45, 7) is 3.80. The van der Waals surface area contributed by atoms with Crippen molar-refractivity contribution in [3.8, 4) is 5.75 Å². The van der Waals surface area contributed by atoms with Crippen molar-refractivity contribution in [2.75, 3.05) is 20.1 Å². The summed E-state index contributed by atoms with van der Waals surface area (Å²) in [6, 6.07) is 7.34. The highest BCUT2D eigenvalue weighted by molar-refractivity contribution is 6.30. The van der Waals surface area contributed by atoms with E-state index < -0.39 is 6.10 Å². The van der Waals surface area contributed by atoms with Crippen molar-refractivity contribution in [2.24, 2.45) is 0 Å². The molecule has 20 heavy (non-hydrogen) atoms. The molecule has 1 fully saturated rings. The zero-order valence-corrected chi connectivity index (χ0v) is 12.7. The molecule has 0 unspecified atom stereocenters. The largest absolute Gasteiger partial charge is 0.481 e. The summed E-state index contributed by atoms with van der Waals surface area (Å²) in [4.78, 5) is 14.4. The maximum absolute atomic E-state index is 12.1. The summed E-state index contributed by atoms with van der Waals surface area (Å²) in [7, 11) is 2.10. The van der Waals surface area contributed by atoms with Crippen LogP contribution in [-0.4, -0.2) is 43.1 Å². The lowest BCUT2D eigenvalue weighted by atomic mass is 10.1. The average Bonchev–Trinajstić information content (AvgIpc) is 2.41. The van der Waals surface area contributed by atoms with Gasteiger partial charge < -0.3 is 15.0 Å². The Labute approximate surface area is 125 Å². The van der Waals surface area contributed by atoms with Crippen LogP contribution < -0.4 is 10.1 Å². The van der Waals surface area contributed by atoms with Gasteiger partial charge in [-0.15, -0.1) is 0 Å². The van der Waals surface area contributed by atoms with Gasteiger partial charge >= 0.3 is 0 Å². The molecule has 5 heteroatoms. The van der Waals surface area contributed by atoms with Crippen LogP contribution in [0.5, 0.6) is 5.75 Å². The molecule has 1 aromatic rings. The van der Waals surface area contributed by atoms with Crippen molar-refractivity contribution >= 4 is 17.5 Å². The van der Waals surface area contributed by atoms with Gasteiger partial charge in [0.05, 0.1) is 0 Å². The molecule has 110 valence electrons. The number of nitrogens with one attached hydrogen (secondary N) is 1. The molecule has 0 spiro atoms. The zero-order valence-electron chi connectivity index (χ0n) is 11.9. The van der Waals surface area contributed by atoms with Gasteiger partial charge in [-0.25, -0.2) is 0 Å².